The van der Waals surface area contributed by atoms with Gasteiger partial charge in [-0.15, -0.1) is 0 Å². The summed E-state index contributed by atoms with van der Waals surface area (Å²) in [6.07, 6.45) is 1.68. The quantitative estimate of drug-likeness (QED) is 0.532. The van der Waals surface area contributed by atoms with Crippen molar-refractivity contribution >= 4 is 22.8 Å². The van der Waals surface area contributed by atoms with Gasteiger partial charge in [-0.1, -0.05) is 42.5 Å². The number of anilines is 2. The summed E-state index contributed by atoms with van der Waals surface area (Å²) < 4.78 is 5.54. The first-order valence-electron chi connectivity index (χ1n) is 9.04. The number of nitrogen functional groups attached to an aromatic ring is 1. The SMILES string of the molecule is CCOc1nc(N)nc2ncc(-c3ccc(CNc4ccccc4)cc3)nc12. The summed E-state index contributed by atoms with van der Waals surface area (Å²) in [5.41, 5.74) is 10.6. The molecule has 0 spiro atoms. The summed E-state index contributed by atoms with van der Waals surface area (Å²) in [6, 6.07) is 18.3. The number of fused-ring (bicyclic) bond motifs is 1. The Labute approximate surface area is 162 Å². The zero-order valence-electron chi connectivity index (χ0n) is 15.5. The van der Waals surface area contributed by atoms with Crippen LogP contribution in [0.2, 0.25) is 0 Å². The number of benzene rings is 2. The minimum absolute atomic E-state index is 0.119. The highest BCUT2D eigenvalue weighted by Crippen LogP contribution is 2.24. The van der Waals surface area contributed by atoms with Gasteiger partial charge in [0.25, 0.3) is 0 Å². The van der Waals surface area contributed by atoms with E-state index in [1.54, 1.807) is 6.20 Å². The minimum atomic E-state index is 0.119. The molecular weight excluding hydrogens is 352 g/mol. The van der Waals surface area contributed by atoms with Crippen molar-refractivity contribution in [3.05, 3.63) is 66.4 Å². The molecule has 3 N–H and O–H groups in total. The van der Waals surface area contributed by atoms with E-state index in [2.05, 4.69) is 37.4 Å². The van der Waals surface area contributed by atoms with E-state index in [0.717, 1.165) is 23.5 Å². The topological polar surface area (TPSA) is 98.8 Å². The largest absolute Gasteiger partial charge is 0.476 e. The number of hydrogen-bond acceptors (Lipinski definition) is 7. The number of nitrogens with one attached hydrogen (secondary N) is 1. The summed E-state index contributed by atoms with van der Waals surface area (Å²) in [6.45, 7) is 3.08. The highest BCUT2D eigenvalue weighted by molar-refractivity contribution is 5.79. The molecule has 4 rings (SSSR count). The lowest BCUT2D eigenvalue weighted by Crippen LogP contribution is -2.04. The number of nitrogens with zero attached hydrogens (tertiary/aromatic N) is 4. The van der Waals surface area contributed by atoms with E-state index in [0.29, 0.717) is 23.7 Å². The molecule has 4 aromatic rings. The third-order valence-corrected chi connectivity index (χ3v) is 4.19. The highest BCUT2D eigenvalue weighted by Gasteiger charge is 2.12. The molecule has 0 saturated heterocycles. The predicted octanol–water partition coefficient (Wildman–Crippen LogP) is 3.68. The van der Waals surface area contributed by atoms with Crippen LogP contribution in [-0.4, -0.2) is 26.5 Å². The number of rotatable bonds is 6. The number of hydrogen-bond donors (Lipinski definition) is 2. The third kappa shape index (κ3) is 3.83. The van der Waals surface area contributed by atoms with Crippen LogP contribution >= 0.6 is 0 Å². The Morgan fingerprint density at radius 2 is 1.75 bits per heavy atom. The second kappa shape index (κ2) is 7.87. The molecule has 0 aliphatic rings. The van der Waals surface area contributed by atoms with E-state index in [4.69, 9.17) is 10.5 Å². The van der Waals surface area contributed by atoms with Crippen LogP contribution in [0.15, 0.2) is 60.8 Å². The van der Waals surface area contributed by atoms with Crippen LogP contribution in [0.5, 0.6) is 5.88 Å². The van der Waals surface area contributed by atoms with Gasteiger partial charge in [0.1, 0.15) is 0 Å². The van der Waals surface area contributed by atoms with Crippen molar-refractivity contribution in [1.29, 1.82) is 0 Å². The highest BCUT2D eigenvalue weighted by atomic mass is 16.5. The summed E-state index contributed by atoms with van der Waals surface area (Å²) in [7, 11) is 0. The normalized spacial score (nSPS) is 10.8. The van der Waals surface area contributed by atoms with Crippen LogP contribution in [-0.2, 0) is 6.54 Å². The molecule has 0 unspecified atom stereocenters. The Morgan fingerprint density at radius 1 is 0.964 bits per heavy atom. The standard InChI is InChI=1S/C21H20N6O/c1-2-28-20-18-19(26-21(22)27-20)24-13-17(25-18)15-10-8-14(9-11-15)12-23-16-6-4-3-5-7-16/h3-11,13,23H,2,12H2,1H3,(H2,22,24,26,27). The molecule has 7 nitrogen and oxygen atoms in total. The fraction of sp³-hybridized carbons (Fsp3) is 0.143. The van der Waals surface area contributed by atoms with Crippen molar-refractivity contribution in [3.8, 4) is 17.1 Å². The van der Waals surface area contributed by atoms with Crippen molar-refractivity contribution in [1.82, 2.24) is 19.9 Å². The number of aromatic nitrogens is 4. The van der Waals surface area contributed by atoms with Crippen molar-refractivity contribution in [2.45, 2.75) is 13.5 Å². The second-order valence-electron chi connectivity index (χ2n) is 6.16. The zero-order valence-corrected chi connectivity index (χ0v) is 15.5. The van der Waals surface area contributed by atoms with Gasteiger partial charge in [-0.3, -0.25) is 0 Å². The van der Waals surface area contributed by atoms with Crippen LogP contribution in [0.3, 0.4) is 0 Å². The zero-order chi connectivity index (χ0) is 19.3. The molecule has 0 radical (unpaired) electrons. The Balaban J connectivity index is 1.57. The lowest BCUT2D eigenvalue weighted by molar-refractivity contribution is 0.330. The van der Waals surface area contributed by atoms with Crippen molar-refractivity contribution in [2.24, 2.45) is 0 Å². The molecule has 7 heteroatoms. The Morgan fingerprint density at radius 3 is 2.50 bits per heavy atom. The maximum atomic E-state index is 5.72. The van der Waals surface area contributed by atoms with Crippen molar-refractivity contribution in [3.63, 3.8) is 0 Å². The van der Waals surface area contributed by atoms with Gasteiger partial charge in [-0.05, 0) is 24.6 Å². The van der Waals surface area contributed by atoms with Gasteiger partial charge >= 0.3 is 0 Å². The van der Waals surface area contributed by atoms with Gasteiger partial charge in [0, 0.05) is 17.8 Å². The first kappa shape index (κ1) is 17.7. The van der Waals surface area contributed by atoms with Gasteiger partial charge in [0.05, 0.1) is 18.5 Å². The molecule has 0 fully saturated rings. The third-order valence-electron chi connectivity index (χ3n) is 4.19. The lowest BCUT2D eigenvalue weighted by Gasteiger charge is -2.09. The molecule has 2 aromatic heterocycles. The smallest absolute Gasteiger partial charge is 0.247 e. The van der Waals surface area contributed by atoms with Gasteiger partial charge in [0.2, 0.25) is 11.8 Å². The molecule has 0 aliphatic heterocycles. The van der Waals surface area contributed by atoms with Crippen LogP contribution in [0.1, 0.15) is 12.5 Å². The van der Waals surface area contributed by atoms with E-state index in [1.807, 2.05) is 49.4 Å². The van der Waals surface area contributed by atoms with Crippen molar-refractivity contribution in [2.75, 3.05) is 17.7 Å². The number of nitrogens with two attached hydrogens (primary N) is 1. The molecule has 0 saturated carbocycles. The van der Waals surface area contributed by atoms with Crippen LogP contribution in [0.25, 0.3) is 22.4 Å². The van der Waals surface area contributed by atoms with E-state index < -0.39 is 0 Å². The molecule has 0 aliphatic carbocycles. The summed E-state index contributed by atoms with van der Waals surface area (Å²) in [4.78, 5) is 17.3. The number of para-hydroxylation sites is 1. The van der Waals surface area contributed by atoms with E-state index in [-0.39, 0.29) is 5.95 Å². The average molecular weight is 372 g/mol. The van der Waals surface area contributed by atoms with E-state index in [9.17, 15) is 0 Å². The fourth-order valence-electron chi connectivity index (χ4n) is 2.83. The Kier molecular flexibility index (Phi) is 4.97. The summed E-state index contributed by atoms with van der Waals surface area (Å²) in [5, 5.41) is 3.40. The summed E-state index contributed by atoms with van der Waals surface area (Å²) >= 11 is 0. The van der Waals surface area contributed by atoms with Gasteiger partial charge in [-0.25, -0.2) is 9.97 Å². The minimum Gasteiger partial charge on any atom is -0.476 e. The molecule has 28 heavy (non-hydrogen) atoms. The second-order valence-corrected chi connectivity index (χ2v) is 6.16. The lowest BCUT2D eigenvalue weighted by atomic mass is 10.1. The molecule has 2 aromatic carbocycles. The Hall–Kier alpha value is -3.74. The monoisotopic (exact) mass is 372 g/mol. The predicted molar refractivity (Wildman–Crippen MR) is 110 cm³/mol. The molecule has 2 heterocycles. The first-order valence-corrected chi connectivity index (χ1v) is 9.04. The van der Waals surface area contributed by atoms with Gasteiger partial charge in [0.15, 0.2) is 11.2 Å². The summed E-state index contributed by atoms with van der Waals surface area (Å²) in [5.74, 6) is 0.469. The molecule has 0 bridgehead atoms. The maximum Gasteiger partial charge on any atom is 0.247 e. The van der Waals surface area contributed by atoms with Crippen molar-refractivity contribution < 1.29 is 4.74 Å². The van der Waals surface area contributed by atoms with Gasteiger partial charge < -0.3 is 15.8 Å². The van der Waals surface area contributed by atoms with Crippen LogP contribution < -0.4 is 15.8 Å². The molecular formula is C21H20N6O. The van der Waals surface area contributed by atoms with E-state index in [1.165, 1.54) is 5.56 Å². The molecule has 0 amide bonds. The van der Waals surface area contributed by atoms with Crippen LogP contribution in [0, 0.1) is 0 Å². The Bertz CT molecular complexity index is 1080. The first-order chi connectivity index (χ1) is 13.7. The van der Waals surface area contributed by atoms with Gasteiger partial charge in [-0.2, -0.15) is 9.97 Å². The molecule has 140 valence electrons. The molecule has 0 atom stereocenters. The van der Waals surface area contributed by atoms with E-state index >= 15 is 0 Å². The average Bonchev–Trinajstić information content (AvgIpc) is 2.73. The number of ether oxygens (including phenoxy) is 1. The maximum absolute atomic E-state index is 5.72. The van der Waals surface area contributed by atoms with Crippen LogP contribution in [0.4, 0.5) is 11.6 Å². The fourth-order valence-corrected chi connectivity index (χ4v) is 2.83.